The Labute approximate surface area is 343 Å². The van der Waals surface area contributed by atoms with Crippen LogP contribution in [-0.4, -0.2) is 95.6 Å². The van der Waals surface area contributed by atoms with Crippen LogP contribution in [0.3, 0.4) is 0 Å². The first kappa shape index (κ1) is 41.1. The predicted molar refractivity (Wildman–Crippen MR) is 221 cm³/mol. The quantitative estimate of drug-likeness (QED) is 0.0968. The standard InChI is InChI=1S/C40H47N13O7/c1-7-51-29(15-21(3)47-51)36(56)45-39-43-26-18-24(35(42)55)20-31(60-14-10-13-59-6)33(26)50(39)12-9-11-27-38(58)49(5)28-19-23(34(41)54)17-25-32(28)53(27)40(44-25)46-37(57)30-16-22(4)48-52(30)8-2/h15-20,27H,7-14H2,1-6H3,(H2,41,54)(H2,42,55)(H,43,45,56)(H,44,46,57)/t27-/m0/s1. The number of ether oxygens (including phenoxy) is 2. The van der Waals surface area contributed by atoms with Crippen molar-refractivity contribution in [1.82, 2.24) is 38.7 Å². The lowest BCUT2D eigenvalue weighted by molar-refractivity contribution is -0.121. The van der Waals surface area contributed by atoms with Gasteiger partial charge in [0.05, 0.1) is 40.2 Å². The summed E-state index contributed by atoms with van der Waals surface area (Å²) in [5.41, 5.74) is 15.8. The first-order valence-electron chi connectivity index (χ1n) is 19.5. The molecular formula is C40H47N13O7. The summed E-state index contributed by atoms with van der Waals surface area (Å²) in [5, 5.41) is 14.6. The van der Waals surface area contributed by atoms with Gasteiger partial charge in [-0.25, -0.2) is 9.97 Å². The van der Waals surface area contributed by atoms with Crippen LogP contribution in [0.1, 0.15) is 92.2 Å². The number of aromatic nitrogens is 8. The van der Waals surface area contributed by atoms with Crippen molar-refractivity contribution in [2.24, 2.45) is 11.5 Å². The van der Waals surface area contributed by atoms with Gasteiger partial charge < -0.3 is 30.4 Å². The number of benzene rings is 2. The molecule has 0 aliphatic carbocycles. The molecule has 4 aromatic heterocycles. The molecule has 5 amide bonds. The van der Waals surface area contributed by atoms with Crippen molar-refractivity contribution in [2.75, 3.05) is 42.9 Å². The lowest BCUT2D eigenvalue weighted by atomic mass is 10.0. The molecule has 20 nitrogen and oxygen atoms in total. The highest BCUT2D eigenvalue weighted by atomic mass is 16.5. The normalized spacial score (nSPS) is 13.7. The number of carbonyl (C=O) groups excluding carboxylic acids is 5. The molecule has 0 bridgehead atoms. The molecular weight excluding hydrogens is 775 g/mol. The SMILES string of the molecule is CCn1nc(C)cc1C(=O)Nc1nc2cc(C(N)=O)cc(OCCCOC)c2n1CCC[C@H]1C(=O)N(C)c2cc(C(N)=O)cc3nc(NC(=O)c4cc(C)nn4CC)n1c23. The molecule has 0 saturated carbocycles. The van der Waals surface area contributed by atoms with Gasteiger partial charge in [0.2, 0.25) is 29.6 Å². The van der Waals surface area contributed by atoms with E-state index in [2.05, 4.69) is 20.8 Å². The molecule has 0 spiro atoms. The second kappa shape index (κ2) is 16.6. The van der Waals surface area contributed by atoms with E-state index >= 15 is 0 Å². The van der Waals surface area contributed by atoms with Gasteiger partial charge in [-0.3, -0.25) is 48.5 Å². The Kier molecular flexibility index (Phi) is 11.4. The summed E-state index contributed by atoms with van der Waals surface area (Å²) in [6.07, 6.45) is 1.10. The molecule has 1 aliphatic rings. The number of hydrogen-bond acceptors (Lipinski definition) is 11. The summed E-state index contributed by atoms with van der Waals surface area (Å²) >= 11 is 0. The van der Waals surface area contributed by atoms with Gasteiger partial charge in [0.25, 0.3) is 11.8 Å². The molecule has 20 heteroatoms. The van der Waals surface area contributed by atoms with Crippen LogP contribution in [0.15, 0.2) is 36.4 Å². The second-order valence-electron chi connectivity index (χ2n) is 14.5. The van der Waals surface area contributed by atoms with Gasteiger partial charge in [-0.15, -0.1) is 0 Å². The number of primary amides is 2. The third-order valence-corrected chi connectivity index (χ3v) is 10.4. The monoisotopic (exact) mass is 821 g/mol. The number of aryl methyl sites for hydroxylation is 5. The summed E-state index contributed by atoms with van der Waals surface area (Å²) in [7, 11) is 3.19. The number of nitrogens with one attached hydrogen (secondary N) is 2. The van der Waals surface area contributed by atoms with Crippen molar-refractivity contribution in [3.63, 3.8) is 0 Å². The van der Waals surface area contributed by atoms with Gasteiger partial charge in [-0.1, -0.05) is 0 Å². The van der Waals surface area contributed by atoms with Crippen LogP contribution in [0, 0.1) is 13.8 Å². The number of fused-ring (bicyclic) bond motifs is 1. The van der Waals surface area contributed by atoms with E-state index in [1.807, 2.05) is 13.8 Å². The Morgan fingerprint density at radius 2 is 1.33 bits per heavy atom. The number of likely N-dealkylation sites (N-methyl/N-ethyl adjacent to an activating group) is 1. The van der Waals surface area contributed by atoms with E-state index in [0.717, 1.165) is 0 Å². The molecule has 5 heterocycles. The van der Waals surface area contributed by atoms with E-state index < -0.39 is 29.7 Å². The first-order valence-corrected chi connectivity index (χ1v) is 19.5. The Morgan fingerprint density at radius 1 is 0.767 bits per heavy atom. The smallest absolute Gasteiger partial charge is 0.276 e. The Bertz CT molecular complexity index is 2690. The van der Waals surface area contributed by atoms with E-state index in [-0.39, 0.29) is 48.5 Å². The minimum Gasteiger partial charge on any atom is -0.491 e. The molecule has 7 rings (SSSR count). The largest absolute Gasteiger partial charge is 0.491 e. The summed E-state index contributed by atoms with van der Waals surface area (Å²) in [5.74, 6) is -2.07. The molecule has 0 radical (unpaired) electrons. The lowest BCUT2D eigenvalue weighted by Gasteiger charge is -2.32. The van der Waals surface area contributed by atoms with E-state index in [0.29, 0.717) is 88.8 Å². The molecule has 1 aliphatic heterocycles. The highest BCUT2D eigenvalue weighted by Crippen LogP contribution is 2.41. The molecule has 0 unspecified atom stereocenters. The van der Waals surface area contributed by atoms with Crippen LogP contribution >= 0.6 is 0 Å². The van der Waals surface area contributed by atoms with Crippen molar-refractivity contribution >= 4 is 69.2 Å². The minimum atomic E-state index is -0.874. The number of hydrogen-bond donors (Lipinski definition) is 4. The number of anilines is 3. The fourth-order valence-corrected chi connectivity index (χ4v) is 7.60. The Balaban J connectivity index is 1.29. The summed E-state index contributed by atoms with van der Waals surface area (Å²) in [6, 6.07) is 8.60. The number of amides is 5. The zero-order valence-electron chi connectivity index (χ0n) is 34.2. The van der Waals surface area contributed by atoms with E-state index in [4.69, 9.17) is 30.9 Å². The molecule has 1 atom stereocenters. The summed E-state index contributed by atoms with van der Waals surface area (Å²) in [4.78, 5) is 77.7. The van der Waals surface area contributed by atoms with Crippen LogP contribution in [-0.2, 0) is 29.2 Å². The first-order chi connectivity index (χ1) is 28.7. The van der Waals surface area contributed by atoms with Crippen LogP contribution in [0.5, 0.6) is 5.75 Å². The predicted octanol–water partition coefficient (Wildman–Crippen LogP) is 3.55. The number of nitrogens with zero attached hydrogens (tertiary/aromatic N) is 9. The van der Waals surface area contributed by atoms with Crippen LogP contribution in [0.25, 0.3) is 22.1 Å². The maximum atomic E-state index is 14.4. The van der Waals surface area contributed by atoms with E-state index in [1.54, 1.807) is 58.6 Å². The number of carbonyl (C=O) groups is 5. The van der Waals surface area contributed by atoms with Gasteiger partial charge >= 0.3 is 0 Å². The van der Waals surface area contributed by atoms with Gasteiger partial charge in [0, 0.05) is 57.9 Å². The average Bonchev–Trinajstić information content (AvgIpc) is 3.98. The molecule has 60 heavy (non-hydrogen) atoms. The average molecular weight is 822 g/mol. The van der Waals surface area contributed by atoms with Crippen LogP contribution in [0.2, 0.25) is 0 Å². The van der Waals surface area contributed by atoms with Gasteiger partial charge in [0.15, 0.2) is 0 Å². The van der Waals surface area contributed by atoms with Crippen molar-refractivity contribution in [3.8, 4) is 5.75 Å². The molecule has 314 valence electrons. The minimum absolute atomic E-state index is 0.0976. The molecule has 0 fully saturated rings. The van der Waals surface area contributed by atoms with Crippen molar-refractivity contribution in [1.29, 1.82) is 0 Å². The third-order valence-electron chi connectivity index (χ3n) is 10.4. The van der Waals surface area contributed by atoms with Crippen molar-refractivity contribution in [3.05, 3.63) is 70.3 Å². The summed E-state index contributed by atoms with van der Waals surface area (Å²) < 4.78 is 18.0. The fourth-order valence-electron chi connectivity index (χ4n) is 7.60. The van der Waals surface area contributed by atoms with Crippen molar-refractivity contribution < 1.29 is 33.4 Å². The fraction of sp³-hybridized carbons (Fsp3) is 0.375. The van der Waals surface area contributed by atoms with Crippen LogP contribution in [0.4, 0.5) is 17.6 Å². The number of rotatable bonds is 17. The number of imidazole rings is 2. The second-order valence-corrected chi connectivity index (χ2v) is 14.5. The molecule has 6 aromatic rings. The van der Waals surface area contributed by atoms with Crippen LogP contribution < -0.4 is 31.7 Å². The topological polar surface area (TPSA) is 254 Å². The van der Waals surface area contributed by atoms with Gasteiger partial charge in [0.1, 0.15) is 28.7 Å². The highest BCUT2D eigenvalue weighted by Gasteiger charge is 2.37. The third kappa shape index (κ3) is 7.63. The zero-order valence-corrected chi connectivity index (χ0v) is 34.2. The number of nitrogens with two attached hydrogens (primary N) is 2. The molecule has 6 N–H and O–H groups in total. The molecule has 0 saturated heterocycles. The van der Waals surface area contributed by atoms with Crippen molar-refractivity contribution in [2.45, 2.75) is 72.6 Å². The van der Waals surface area contributed by atoms with Gasteiger partial charge in [-0.2, -0.15) is 10.2 Å². The summed E-state index contributed by atoms with van der Waals surface area (Å²) in [6.45, 7) is 9.12. The maximum Gasteiger partial charge on any atom is 0.276 e. The molecule has 2 aromatic carbocycles. The van der Waals surface area contributed by atoms with E-state index in [9.17, 15) is 24.0 Å². The Morgan fingerprint density at radius 3 is 1.92 bits per heavy atom. The zero-order chi connectivity index (χ0) is 43.0. The highest BCUT2D eigenvalue weighted by molar-refractivity contribution is 6.12. The maximum absolute atomic E-state index is 14.4. The van der Waals surface area contributed by atoms with E-state index in [1.165, 1.54) is 29.2 Å². The lowest BCUT2D eigenvalue weighted by Crippen LogP contribution is -2.39. The van der Waals surface area contributed by atoms with Gasteiger partial charge in [-0.05, 0) is 76.9 Å². The number of methoxy groups -OCH3 is 1. The Hall–Kier alpha value is -7.09.